The maximum Gasteiger partial charge on any atom is 0.243 e. The molecule has 1 fully saturated rings. The van der Waals surface area contributed by atoms with Crippen LogP contribution in [0.25, 0.3) is 0 Å². The van der Waals surface area contributed by atoms with Gasteiger partial charge in [0.05, 0.1) is 29.0 Å². The topological polar surface area (TPSA) is 84.9 Å². The Morgan fingerprint density at radius 3 is 2.79 bits per heavy atom. The van der Waals surface area contributed by atoms with Gasteiger partial charge in [0, 0.05) is 26.2 Å². The number of halogens is 1. The highest BCUT2D eigenvalue weighted by Crippen LogP contribution is 2.30. The number of benzene rings is 1. The second-order valence-corrected chi connectivity index (χ2v) is 9.41. The molecular weight excluding hydrogens is 404 g/mol. The first-order valence-corrected chi connectivity index (χ1v) is 11.3. The summed E-state index contributed by atoms with van der Waals surface area (Å²) < 4.78 is 37.8. The number of carbonyl (C=O) groups is 1. The number of methoxy groups -OCH3 is 1. The number of nitrogens with one attached hydrogen (secondary N) is 1. The molecule has 0 aliphatic carbocycles. The van der Waals surface area contributed by atoms with Crippen molar-refractivity contribution < 1.29 is 22.7 Å². The highest BCUT2D eigenvalue weighted by molar-refractivity contribution is 7.89. The second-order valence-electron chi connectivity index (χ2n) is 7.06. The van der Waals surface area contributed by atoms with Crippen LogP contribution >= 0.6 is 11.6 Å². The fourth-order valence-corrected chi connectivity index (χ4v) is 4.95. The number of hydrogen-bond acceptors (Lipinski definition) is 5. The Balaban J connectivity index is 1.96. The van der Waals surface area contributed by atoms with Gasteiger partial charge in [-0.15, -0.1) is 0 Å². The molecule has 1 aromatic rings. The molecule has 0 radical (unpaired) electrons. The van der Waals surface area contributed by atoms with Crippen molar-refractivity contribution in [1.29, 1.82) is 0 Å². The van der Waals surface area contributed by atoms with Gasteiger partial charge in [-0.2, -0.15) is 4.31 Å². The van der Waals surface area contributed by atoms with Gasteiger partial charge in [0.1, 0.15) is 5.75 Å². The summed E-state index contributed by atoms with van der Waals surface area (Å²) in [5.41, 5.74) is 0. The molecule has 1 heterocycles. The Hall–Kier alpha value is -1.35. The van der Waals surface area contributed by atoms with E-state index in [0.717, 1.165) is 6.42 Å². The average Bonchev–Trinajstić information content (AvgIpc) is 2.67. The van der Waals surface area contributed by atoms with E-state index in [-0.39, 0.29) is 34.4 Å². The predicted molar refractivity (Wildman–Crippen MR) is 108 cm³/mol. The van der Waals surface area contributed by atoms with E-state index in [4.69, 9.17) is 21.1 Å². The molecule has 1 aromatic carbocycles. The maximum absolute atomic E-state index is 12.9. The van der Waals surface area contributed by atoms with Crippen molar-refractivity contribution in [3.8, 4) is 5.75 Å². The fraction of sp³-hybridized carbons (Fsp3) is 0.632. The largest absolute Gasteiger partial charge is 0.495 e. The Morgan fingerprint density at radius 2 is 2.14 bits per heavy atom. The highest BCUT2D eigenvalue weighted by atomic mass is 35.5. The Kier molecular flexibility index (Phi) is 8.55. The predicted octanol–water partition coefficient (Wildman–Crippen LogP) is 2.68. The smallest absolute Gasteiger partial charge is 0.243 e. The number of amides is 1. The summed E-state index contributed by atoms with van der Waals surface area (Å²) >= 11 is 6.07. The normalized spacial score (nSPS) is 18.2. The van der Waals surface area contributed by atoms with Crippen LogP contribution in [0.3, 0.4) is 0 Å². The molecule has 1 aliphatic heterocycles. The van der Waals surface area contributed by atoms with Crippen LogP contribution in [0, 0.1) is 5.92 Å². The summed E-state index contributed by atoms with van der Waals surface area (Å²) in [7, 11) is -2.25. The van der Waals surface area contributed by atoms with Gasteiger partial charge in [-0.3, -0.25) is 4.79 Å². The summed E-state index contributed by atoms with van der Waals surface area (Å²) in [6.07, 6.45) is 2.20. The molecule has 1 atom stereocenters. The number of nitrogens with zero attached hydrogens (tertiary/aromatic N) is 1. The van der Waals surface area contributed by atoms with Crippen molar-refractivity contribution >= 4 is 27.5 Å². The summed E-state index contributed by atoms with van der Waals surface area (Å²) in [6.45, 7) is 5.58. The van der Waals surface area contributed by atoms with E-state index in [2.05, 4.69) is 5.32 Å². The van der Waals surface area contributed by atoms with Crippen LogP contribution in [0.4, 0.5) is 0 Å². The minimum absolute atomic E-state index is 0.102. The van der Waals surface area contributed by atoms with Crippen LogP contribution < -0.4 is 10.1 Å². The molecule has 158 valence electrons. The molecule has 1 saturated heterocycles. The Bertz CT molecular complexity index is 770. The molecule has 28 heavy (non-hydrogen) atoms. The third-order valence-electron chi connectivity index (χ3n) is 4.59. The number of rotatable bonds is 9. The van der Waals surface area contributed by atoms with Gasteiger partial charge >= 0.3 is 0 Å². The van der Waals surface area contributed by atoms with Gasteiger partial charge in [-0.05, 0) is 51.3 Å². The number of piperidine rings is 1. The van der Waals surface area contributed by atoms with Crippen LogP contribution in [0.5, 0.6) is 5.75 Å². The summed E-state index contributed by atoms with van der Waals surface area (Å²) in [6, 6.07) is 4.38. The van der Waals surface area contributed by atoms with E-state index in [1.807, 2.05) is 13.8 Å². The third kappa shape index (κ3) is 6.07. The molecule has 1 aliphatic rings. The molecule has 0 spiro atoms. The lowest BCUT2D eigenvalue weighted by molar-refractivity contribution is -0.126. The number of carbonyl (C=O) groups excluding carboxylic acids is 1. The van der Waals surface area contributed by atoms with Gasteiger partial charge in [0.25, 0.3) is 0 Å². The Labute approximate surface area is 172 Å². The zero-order valence-electron chi connectivity index (χ0n) is 16.6. The SMILES string of the molecule is COc1ccc(S(=O)(=O)N2CCC[C@H](C(=O)NCCCOC(C)C)C2)cc1Cl. The van der Waals surface area contributed by atoms with Crippen LogP contribution in [0.1, 0.15) is 33.1 Å². The average molecular weight is 433 g/mol. The van der Waals surface area contributed by atoms with Crippen LogP contribution in [0.2, 0.25) is 5.02 Å². The molecule has 0 unspecified atom stereocenters. The lowest BCUT2D eigenvalue weighted by Gasteiger charge is -2.31. The van der Waals surface area contributed by atoms with Gasteiger partial charge in [0.15, 0.2) is 0 Å². The second kappa shape index (κ2) is 10.4. The molecule has 9 heteroatoms. The van der Waals surface area contributed by atoms with Crippen molar-refractivity contribution in [1.82, 2.24) is 9.62 Å². The lowest BCUT2D eigenvalue weighted by Crippen LogP contribution is -2.45. The van der Waals surface area contributed by atoms with Gasteiger partial charge < -0.3 is 14.8 Å². The minimum Gasteiger partial charge on any atom is -0.495 e. The molecule has 1 N–H and O–H groups in total. The molecule has 7 nitrogen and oxygen atoms in total. The standard InChI is InChI=1S/C19H29ClN2O5S/c1-14(2)27-11-5-9-21-19(23)15-6-4-10-22(13-15)28(24,25)16-7-8-18(26-3)17(20)12-16/h7-8,12,14-15H,4-6,9-11,13H2,1-3H3,(H,21,23)/t15-/m0/s1. The molecular formula is C19H29ClN2O5S. The number of ether oxygens (including phenoxy) is 2. The van der Waals surface area contributed by atoms with Crippen molar-refractivity contribution in [3.63, 3.8) is 0 Å². The van der Waals surface area contributed by atoms with Crippen LogP contribution in [-0.2, 0) is 19.6 Å². The van der Waals surface area contributed by atoms with E-state index < -0.39 is 10.0 Å². The first kappa shape index (κ1) is 22.9. The summed E-state index contributed by atoms with van der Waals surface area (Å²) in [5, 5.41) is 3.12. The van der Waals surface area contributed by atoms with Crippen LogP contribution in [0.15, 0.2) is 23.1 Å². The highest BCUT2D eigenvalue weighted by Gasteiger charge is 2.33. The van der Waals surface area contributed by atoms with Gasteiger partial charge in [-0.1, -0.05) is 11.6 Å². The fourth-order valence-electron chi connectivity index (χ4n) is 3.08. The lowest BCUT2D eigenvalue weighted by atomic mass is 9.99. The monoisotopic (exact) mass is 432 g/mol. The third-order valence-corrected chi connectivity index (χ3v) is 6.74. The van der Waals surface area contributed by atoms with E-state index in [1.54, 1.807) is 0 Å². The van der Waals surface area contributed by atoms with E-state index >= 15 is 0 Å². The van der Waals surface area contributed by atoms with Crippen molar-refractivity contribution in [2.45, 2.75) is 44.1 Å². The molecule has 1 amide bonds. The van der Waals surface area contributed by atoms with Crippen LogP contribution in [-0.4, -0.2) is 58.1 Å². The minimum atomic E-state index is -3.72. The maximum atomic E-state index is 12.9. The van der Waals surface area contributed by atoms with E-state index in [1.165, 1.54) is 29.6 Å². The van der Waals surface area contributed by atoms with Gasteiger partial charge in [0.2, 0.25) is 15.9 Å². The van der Waals surface area contributed by atoms with E-state index in [9.17, 15) is 13.2 Å². The number of hydrogen-bond donors (Lipinski definition) is 1. The molecule has 0 aromatic heterocycles. The van der Waals surface area contributed by atoms with Crippen molar-refractivity contribution in [3.05, 3.63) is 23.2 Å². The van der Waals surface area contributed by atoms with Crippen molar-refractivity contribution in [2.75, 3.05) is 33.4 Å². The van der Waals surface area contributed by atoms with E-state index in [0.29, 0.717) is 38.3 Å². The number of sulfonamides is 1. The first-order valence-electron chi connectivity index (χ1n) is 9.48. The quantitative estimate of drug-likeness (QED) is 0.606. The summed E-state index contributed by atoms with van der Waals surface area (Å²) in [4.78, 5) is 12.5. The molecule has 0 saturated carbocycles. The first-order chi connectivity index (χ1) is 13.3. The Morgan fingerprint density at radius 1 is 1.39 bits per heavy atom. The summed E-state index contributed by atoms with van der Waals surface area (Å²) in [5.74, 6) is -0.0570. The van der Waals surface area contributed by atoms with Crippen molar-refractivity contribution in [2.24, 2.45) is 5.92 Å². The zero-order valence-corrected chi connectivity index (χ0v) is 18.2. The molecule has 0 bridgehead atoms. The zero-order chi connectivity index (χ0) is 20.7. The van der Waals surface area contributed by atoms with Gasteiger partial charge in [-0.25, -0.2) is 8.42 Å². The molecule has 2 rings (SSSR count).